The third-order valence-corrected chi connectivity index (χ3v) is 2.15. The van der Waals surface area contributed by atoms with Crippen molar-refractivity contribution in [2.75, 3.05) is 13.1 Å². The molecule has 1 atom stereocenters. The molecule has 0 aliphatic carbocycles. The van der Waals surface area contributed by atoms with Crippen molar-refractivity contribution in [2.45, 2.75) is 26.9 Å². The van der Waals surface area contributed by atoms with Crippen LogP contribution in [0.3, 0.4) is 0 Å². The first-order valence-corrected chi connectivity index (χ1v) is 3.90. The van der Waals surface area contributed by atoms with Gasteiger partial charge < -0.3 is 10.4 Å². The molecule has 0 spiro atoms. The molecule has 0 saturated carbocycles. The second-order valence-corrected chi connectivity index (χ2v) is 4.23. The zero-order valence-electron chi connectivity index (χ0n) is 7.02. The Balaban J connectivity index is 2.39. The Kier molecular flexibility index (Phi) is 2.02. The summed E-state index contributed by atoms with van der Waals surface area (Å²) in [6, 6.07) is 0. The van der Waals surface area contributed by atoms with E-state index in [2.05, 4.69) is 26.1 Å². The number of hydrogen-bond donors (Lipinski definition) is 2. The highest BCUT2D eigenvalue weighted by atomic mass is 16.3. The first-order valence-electron chi connectivity index (χ1n) is 3.90. The molecule has 2 heteroatoms. The zero-order valence-corrected chi connectivity index (χ0v) is 7.02. The van der Waals surface area contributed by atoms with E-state index in [-0.39, 0.29) is 11.5 Å². The number of nitrogens with one attached hydrogen (secondary N) is 1. The highest BCUT2D eigenvalue weighted by Crippen LogP contribution is 2.26. The highest BCUT2D eigenvalue weighted by Gasteiger charge is 2.33. The molecule has 0 radical (unpaired) electrons. The molecular weight excluding hydrogens is 126 g/mol. The summed E-state index contributed by atoms with van der Waals surface area (Å²) in [6.07, 6.45) is -0.145. The maximum atomic E-state index is 9.67. The van der Waals surface area contributed by atoms with Crippen LogP contribution in [0.25, 0.3) is 0 Å². The van der Waals surface area contributed by atoms with Crippen LogP contribution in [0, 0.1) is 11.3 Å². The molecule has 1 rings (SSSR count). The molecule has 10 heavy (non-hydrogen) atoms. The van der Waals surface area contributed by atoms with Crippen LogP contribution in [-0.4, -0.2) is 24.3 Å². The lowest BCUT2D eigenvalue weighted by Gasteiger charge is -2.38. The summed E-state index contributed by atoms with van der Waals surface area (Å²) in [5, 5.41) is 12.8. The summed E-state index contributed by atoms with van der Waals surface area (Å²) in [6.45, 7) is 8.21. The van der Waals surface area contributed by atoms with Crippen LogP contribution in [0.4, 0.5) is 0 Å². The van der Waals surface area contributed by atoms with Crippen molar-refractivity contribution < 1.29 is 5.11 Å². The molecule has 0 aromatic rings. The van der Waals surface area contributed by atoms with Crippen molar-refractivity contribution in [1.82, 2.24) is 5.32 Å². The molecule has 2 N–H and O–H groups in total. The largest absolute Gasteiger partial charge is 0.392 e. The van der Waals surface area contributed by atoms with Crippen LogP contribution in [-0.2, 0) is 0 Å². The van der Waals surface area contributed by atoms with E-state index in [1.807, 2.05) is 0 Å². The molecule has 0 amide bonds. The number of aliphatic hydroxyl groups excluding tert-OH is 1. The van der Waals surface area contributed by atoms with Crippen molar-refractivity contribution in [3.8, 4) is 0 Å². The summed E-state index contributed by atoms with van der Waals surface area (Å²) < 4.78 is 0. The molecule has 1 saturated heterocycles. The molecule has 2 nitrogen and oxygen atoms in total. The van der Waals surface area contributed by atoms with E-state index in [1.54, 1.807) is 0 Å². The van der Waals surface area contributed by atoms with Crippen molar-refractivity contribution >= 4 is 0 Å². The van der Waals surface area contributed by atoms with Gasteiger partial charge in [0.15, 0.2) is 0 Å². The molecule has 1 aliphatic heterocycles. The Hall–Kier alpha value is -0.0800. The van der Waals surface area contributed by atoms with Gasteiger partial charge in [-0.25, -0.2) is 0 Å². The first-order chi connectivity index (χ1) is 4.52. The molecule has 60 valence electrons. The Bertz CT molecular complexity index is 113. The molecule has 1 fully saturated rings. The van der Waals surface area contributed by atoms with Crippen LogP contribution in [0.2, 0.25) is 0 Å². The van der Waals surface area contributed by atoms with E-state index in [1.165, 1.54) is 0 Å². The second kappa shape index (κ2) is 2.51. The van der Waals surface area contributed by atoms with E-state index in [0.717, 1.165) is 13.1 Å². The van der Waals surface area contributed by atoms with Gasteiger partial charge in [-0.05, 0) is 5.41 Å². The molecule has 0 aromatic carbocycles. The Morgan fingerprint density at radius 2 is 1.90 bits per heavy atom. The monoisotopic (exact) mass is 143 g/mol. The molecule has 0 bridgehead atoms. The molecule has 1 heterocycles. The Labute approximate surface area is 62.6 Å². The molecule has 0 aromatic heterocycles. The van der Waals surface area contributed by atoms with Gasteiger partial charge in [0.25, 0.3) is 0 Å². The van der Waals surface area contributed by atoms with E-state index in [9.17, 15) is 5.11 Å². The minimum Gasteiger partial charge on any atom is -0.392 e. The third-order valence-electron chi connectivity index (χ3n) is 2.15. The minimum atomic E-state index is -0.145. The van der Waals surface area contributed by atoms with Crippen molar-refractivity contribution in [3.05, 3.63) is 0 Å². The summed E-state index contributed by atoms with van der Waals surface area (Å²) in [5.74, 6) is 0.486. The predicted octanol–water partition coefficient (Wildman–Crippen LogP) is 0.613. The lowest BCUT2D eigenvalue weighted by atomic mass is 9.79. The third kappa shape index (κ3) is 1.50. The number of hydrogen-bond acceptors (Lipinski definition) is 2. The van der Waals surface area contributed by atoms with E-state index in [4.69, 9.17) is 0 Å². The van der Waals surface area contributed by atoms with E-state index >= 15 is 0 Å². The minimum absolute atomic E-state index is 0.0484. The van der Waals surface area contributed by atoms with Gasteiger partial charge >= 0.3 is 0 Å². The van der Waals surface area contributed by atoms with Gasteiger partial charge in [-0.1, -0.05) is 20.8 Å². The summed E-state index contributed by atoms with van der Waals surface area (Å²) in [7, 11) is 0. The maximum absolute atomic E-state index is 9.67. The lowest BCUT2D eigenvalue weighted by molar-refractivity contribution is -0.00762. The highest BCUT2D eigenvalue weighted by molar-refractivity contribution is 4.87. The fourth-order valence-corrected chi connectivity index (χ4v) is 1.24. The van der Waals surface area contributed by atoms with Crippen LogP contribution in [0.1, 0.15) is 20.8 Å². The van der Waals surface area contributed by atoms with Gasteiger partial charge in [-0.15, -0.1) is 0 Å². The van der Waals surface area contributed by atoms with Gasteiger partial charge in [0, 0.05) is 19.0 Å². The SMILES string of the molecule is CC(C)(C)C(O)C1CNC1. The second-order valence-electron chi connectivity index (χ2n) is 4.23. The van der Waals surface area contributed by atoms with Crippen molar-refractivity contribution in [1.29, 1.82) is 0 Å². The topological polar surface area (TPSA) is 32.3 Å². The molecule has 1 aliphatic rings. The van der Waals surface area contributed by atoms with E-state index < -0.39 is 0 Å². The average Bonchev–Trinajstić information content (AvgIpc) is 1.57. The van der Waals surface area contributed by atoms with Gasteiger partial charge in [0.05, 0.1) is 6.10 Å². The van der Waals surface area contributed by atoms with Crippen LogP contribution in [0.5, 0.6) is 0 Å². The van der Waals surface area contributed by atoms with Crippen molar-refractivity contribution in [3.63, 3.8) is 0 Å². The van der Waals surface area contributed by atoms with Crippen molar-refractivity contribution in [2.24, 2.45) is 11.3 Å². The smallest absolute Gasteiger partial charge is 0.0640 e. The standard InChI is InChI=1S/C8H17NO/c1-8(2,3)7(10)6-4-9-5-6/h6-7,9-10H,4-5H2,1-3H3. The van der Waals surface area contributed by atoms with E-state index in [0.29, 0.717) is 5.92 Å². The quantitative estimate of drug-likeness (QED) is 0.564. The fraction of sp³-hybridized carbons (Fsp3) is 1.00. The van der Waals surface area contributed by atoms with Gasteiger partial charge in [-0.3, -0.25) is 0 Å². The first kappa shape index (κ1) is 8.02. The van der Waals surface area contributed by atoms with Gasteiger partial charge in [-0.2, -0.15) is 0 Å². The number of aliphatic hydroxyl groups is 1. The Morgan fingerprint density at radius 3 is 2.00 bits per heavy atom. The van der Waals surface area contributed by atoms with Crippen LogP contribution >= 0.6 is 0 Å². The number of rotatable bonds is 1. The zero-order chi connectivity index (χ0) is 7.78. The fourth-order valence-electron chi connectivity index (χ4n) is 1.24. The molecular formula is C8H17NO. The predicted molar refractivity (Wildman–Crippen MR) is 41.8 cm³/mol. The maximum Gasteiger partial charge on any atom is 0.0640 e. The van der Waals surface area contributed by atoms with Crippen LogP contribution in [0.15, 0.2) is 0 Å². The Morgan fingerprint density at radius 1 is 1.40 bits per heavy atom. The average molecular weight is 143 g/mol. The normalized spacial score (nSPS) is 24.0. The summed E-state index contributed by atoms with van der Waals surface area (Å²) in [5.41, 5.74) is 0.0484. The summed E-state index contributed by atoms with van der Waals surface area (Å²) in [4.78, 5) is 0. The molecule has 1 unspecified atom stereocenters. The summed E-state index contributed by atoms with van der Waals surface area (Å²) >= 11 is 0. The van der Waals surface area contributed by atoms with Gasteiger partial charge in [0.1, 0.15) is 0 Å². The lowest BCUT2D eigenvalue weighted by Crippen LogP contribution is -2.52. The van der Waals surface area contributed by atoms with Crippen LogP contribution < -0.4 is 5.32 Å². The van der Waals surface area contributed by atoms with Gasteiger partial charge in [0.2, 0.25) is 0 Å².